The van der Waals surface area contributed by atoms with E-state index in [9.17, 15) is 14.4 Å². The molecule has 0 unspecified atom stereocenters. The fourth-order valence-corrected chi connectivity index (χ4v) is 2.91. The molecule has 0 aliphatic heterocycles. The van der Waals surface area contributed by atoms with E-state index in [1.807, 2.05) is 12.1 Å². The van der Waals surface area contributed by atoms with E-state index < -0.39 is 24.5 Å². The van der Waals surface area contributed by atoms with Gasteiger partial charge in [-0.2, -0.15) is 0 Å². The number of nitrogens with one attached hydrogen (secondary N) is 2. The van der Waals surface area contributed by atoms with Crippen LogP contribution in [0.1, 0.15) is 51.5 Å². The van der Waals surface area contributed by atoms with Crippen LogP contribution in [0.2, 0.25) is 5.02 Å². The molecule has 2 aromatic rings. The first kappa shape index (κ1) is 22.5. The van der Waals surface area contributed by atoms with Crippen LogP contribution in [0.5, 0.6) is 0 Å². The normalized spacial score (nSPS) is 10.7. The summed E-state index contributed by atoms with van der Waals surface area (Å²) in [5.74, 6) is -1.63. The molecule has 29 heavy (non-hydrogen) atoms. The van der Waals surface area contributed by atoms with Crippen LogP contribution in [0, 0.1) is 13.8 Å². The zero-order valence-electron chi connectivity index (χ0n) is 16.9. The highest BCUT2D eigenvalue weighted by atomic mass is 35.5. The van der Waals surface area contributed by atoms with Gasteiger partial charge in [-0.15, -0.1) is 0 Å². The van der Waals surface area contributed by atoms with Crippen LogP contribution in [0.25, 0.3) is 0 Å². The Kier molecular flexibility index (Phi) is 7.84. The summed E-state index contributed by atoms with van der Waals surface area (Å²) in [5, 5.41) is 3.34. The highest BCUT2D eigenvalue weighted by Gasteiger charge is 2.24. The van der Waals surface area contributed by atoms with E-state index in [0.717, 1.165) is 5.56 Å². The predicted octanol–water partition coefficient (Wildman–Crippen LogP) is 3.37. The first-order chi connectivity index (χ1) is 13.7. The number of aryl methyl sites for hydroxylation is 1. The highest BCUT2D eigenvalue weighted by Crippen LogP contribution is 2.20. The van der Waals surface area contributed by atoms with Crippen molar-refractivity contribution in [1.29, 1.82) is 0 Å². The molecule has 7 nitrogen and oxygen atoms in total. The summed E-state index contributed by atoms with van der Waals surface area (Å²) in [6.07, 6.45) is 0.357. The minimum Gasteiger partial charge on any atom is -0.459 e. The van der Waals surface area contributed by atoms with Crippen LogP contribution in [0.4, 0.5) is 0 Å². The van der Waals surface area contributed by atoms with E-state index in [2.05, 4.69) is 10.3 Å². The average Bonchev–Trinajstić information content (AvgIpc) is 2.95. The number of halogens is 1. The van der Waals surface area contributed by atoms with E-state index >= 15 is 0 Å². The zero-order chi connectivity index (χ0) is 21.6. The average molecular weight is 421 g/mol. The topological polar surface area (TPSA) is 97.5 Å². The highest BCUT2D eigenvalue weighted by molar-refractivity contribution is 6.30. The van der Waals surface area contributed by atoms with Gasteiger partial charge in [0.1, 0.15) is 5.69 Å². The first-order valence-corrected chi connectivity index (χ1v) is 9.65. The number of carbonyl (C=O) groups excluding carboxylic acids is 3. The van der Waals surface area contributed by atoms with Gasteiger partial charge >= 0.3 is 11.9 Å². The van der Waals surface area contributed by atoms with Gasteiger partial charge in [0, 0.05) is 17.3 Å². The van der Waals surface area contributed by atoms with Crippen LogP contribution >= 0.6 is 11.6 Å². The number of aromatic nitrogens is 1. The monoisotopic (exact) mass is 420 g/mol. The molecule has 0 saturated heterocycles. The molecule has 1 aromatic heterocycles. The summed E-state index contributed by atoms with van der Waals surface area (Å²) in [7, 11) is 0. The molecule has 156 valence electrons. The maximum atomic E-state index is 12.3. The van der Waals surface area contributed by atoms with Gasteiger partial charge < -0.3 is 19.8 Å². The zero-order valence-corrected chi connectivity index (χ0v) is 17.7. The van der Waals surface area contributed by atoms with Gasteiger partial charge in [0.05, 0.1) is 11.7 Å². The molecule has 0 saturated carbocycles. The molecule has 1 aromatic carbocycles. The third-order valence-corrected chi connectivity index (χ3v) is 4.42. The fourth-order valence-electron chi connectivity index (χ4n) is 2.78. The number of hydrogen-bond donors (Lipinski definition) is 2. The van der Waals surface area contributed by atoms with E-state index in [4.69, 9.17) is 21.1 Å². The Balaban J connectivity index is 1.86. The molecule has 2 N–H and O–H groups in total. The minimum absolute atomic E-state index is 0.132. The quantitative estimate of drug-likeness (QED) is 0.638. The third kappa shape index (κ3) is 6.35. The van der Waals surface area contributed by atoms with Crippen molar-refractivity contribution in [2.24, 2.45) is 0 Å². The lowest BCUT2D eigenvalue weighted by Crippen LogP contribution is -2.30. The van der Waals surface area contributed by atoms with Gasteiger partial charge in [0.15, 0.2) is 6.61 Å². The lowest BCUT2D eigenvalue weighted by molar-refractivity contribution is -0.124. The predicted molar refractivity (Wildman–Crippen MR) is 109 cm³/mol. The summed E-state index contributed by atoms with van der Waals surface area (Å²) >= 11 is 5.83. The second-order valence-electron chi connectivity index (χ2n) is 6.88. The number of rotatable bonds is 8. The number of amides is 1. The Labute approximate surface area is 174 Å². The van der Waals surface area contributed by atoms with Gasteiger partial charge in [-0.25, -0.2) is 9.59 Å². The Morgan fingerprint density at radius 2 is 1.76 bits per heavy atom. The molecule has 8 heteroatoms. The Bertz CT molecular complexity index is 887. The molecular weight excluding hydrogens is 396 g/mol. The van der Waals surface area contributed by atoms with Crippen molar-refractivity contribution < 1.29 is 23.9 Å². The molecule has 1 amide bonds. The Hall–Kier alpha value is -2.80. The maximum absolute atomic E-state index is 12.3. The summed E-state index contributed by atoms with van der Waals surface area (Å²) < 4.78 is 10.3. The lowest BCUT2D eigenvalue weighted by Gasteiger charge is -2.08. The fraction of sp³-hybridized carbons (Fsp3) is 0.381. The molecule has 0 fully saturated rings. The molecule has 0 radical (unpaired) electrons. The van der Waals surface area contributed by atoms with E-state index in [1.165, 1.54) is 0 Å². The van der Waals surface area contributed by atoms with Crippen molar-refractivity contribution >= 4 is 29.4 Å². The van der Waals surface area contributed by atoms with Crippen LogP contribution in [0.15, 0.2) is 24.3 Å². The number of benzene rings is 1. The number of aromatic amines is 1. The van der Waals surface area contributed by atoms with Gasteiger partial charge in [0.2, 0.25) is 0 Å². The molecule has 0 atom stereocenters. The van der Waals surface area contributed by atoms with Crippen LogP contribution in [-0.4, -0.2) is 42.1 Å². The standard InChI is InChI=1S/C21H25ClN2O5/c1-12(2)29-20(26)18-13(3)19(24-14(18)4)21(27)28-11-17(25)23-10-9-15-5-7-16(22)8-6-15/h5-8,12,24H,9-11H2,1-4H3,(H,23,25). The molecule has 0 aliphatic carbocycles. The second kappa shape index (κ2) is 10.1. The molecule has 0 aliphatic rings. The van der Waals surface area contributed by atoms with Gasteiger partial charge in [-0.3, -0.25) is 4.79 Å². The third-order valence-electron chi connectivity index (χ3n) is 4.17. The summed E-state index contributed by atoms with van der Waals surface area (Å²) in [6.45, 7) is 6.78. The maximum Gasteiger partial charge on any atom is 0.355 e. The van der Waals surface area contributed by atoms with Gasteiger partial charge in [0.25, 0.3) is 5.91 Å². The molecule has 2 rings (SSSR count). The Morgan fingerprint density at radius 3 is 2.38 bits per heavy atom. The van der Waals surface area contributed by atoms with Crippen LogP contribution < -0.4 is 5.32 Å². The first-order valence-electron chi connectivity index (χ1n) is 9.27. The molecular formula is C21H25ClN2O5. The van der Waals surface area contributed by atoms with Crippen molar-refractivity contribution in [3.63, 3.8) is 0 Å². The summed E-state index contributed by atoms with van der Waals surface area (Å²) in [5.41, 5.74) is 2.41. The van der Waals surface area contributed by atoms with Gasteiger partial charge in [-0.1, -0.05) is 23.7 Å². The second-order valence-corrected chi connectivity index (χ2v) is 7.32. The number of ether oxygens (including phenoxy) is 2. The molecule has 0 spiro atoms. The van der Waals surface area contributed by atoms with Crippen LogP contribution in [0.3, 0.4) is 0 Å². The number of carbonyl (C=O) groups is 3. The van der Waals surface area contributed by atoms with Crippen molar-refractivity contribution in [3.8, 4) is 0 Å². The van der Waals surface area contributed by atoms with E-state index in [-0.39, 0.29) is 11.8 Å². The number of H-pyrrole nitrogens is 1. The number of esters is 2. The smallest absolute Gasteiger partial charge is 0.355 e. The number of hydrogen-bond acceptors (Lipinski definition) is 5. The summed E-state index contributed by atoms with van der Waals surface area (Å²) in [4.78, 5) is 39.3. The van der Waals surface area contributed by atoms with E-state index in [1.54, 1.807) is 39.8 Å². The SMILES string of the molecule is Cc1[nH]c(C(=O)OCC(=O)NCCc2ccc(Cl)cc2)c(C)c1C(=O)OC(C)C. The van der Waals surface area contributed by atoms with Crippen LogP contribution in [-0.2, 0) is 20.7 Å². The van der Waals surface area contributed by atoms with Crippen molar-refractivity contribution in [2.45, 2.75) is 40.2 Å². The largest absolute Gasteiger partial charge is 0.459 e. The van der Waals surface area contributed by atoms with Crippen molar-refractivity contribution in [3.05, 3.63) is 57.4 Å². The summed E-state index contributed by atoms with van der Waals surface area (Å²) in [6, 6.07) is 7.33. The van der Waals surface area contributed by atoms with Crippen molar-refractivity contribution in [1.82, 2.24) is 10.3 Å². The molecule has 1 heterocycles. The van der Waals surface area contributed by atoms with Gasteiger partial charge in [-0.05, 0) is 57.4 Å². The molecule has 0 bridgehead atoms. The minimum atomic E-state index is -0.706. The Morgan fingerprint density at radius 1 is 1.10 bits per heavy atom. The van der Waals surface area contributed by atoms with Crippen molar-refractivity contribution in [2.75, 3.05) is 13.2 Å². The van der Waals surface area contributed by atoms with E-state index in [0.29, 0.717) is 34.8 Å². The lowest BCUT2D eigenvalue weighted by atomic mass is 10.1.